The van der Waals surface area contributed by atoms with Crippen molar-refractivity contribution in [2.75, 3.05) is 26.3 Å². The summed E-state index contributed by atoms with van der Waals surface area (Å²) in [6.45, 7) is 0.522. The van der Waals surface area contributed by atoms with E-state index in [1.54, 1.807) is 4.90 Å². The number of nitrogens with one attached hydrogen (secondary N) is 1. The molecule has 2 aliphatic rings. The van der Waals surface area contributed by atoms with E-state index in [1.807, 2.05) is 0 Å². The Bertz CT molecular complexity index is 347. The van der Waals surface area contributed by atoms with Crippen molar-refractivity contribution in [3.05, 3.63) is 0 Å². The molecule has 1 spiro atoms. The molecule has 102 valence electrons. The number of carbonyl (C=O) groups is 2. The maximum absolute atomic E-state index is 11.8. The Morgan fingerprint density at radius 2 is 2.22 bits per heavy atom. The lowest BCUT2D eigenvalue weighted by molar-refractivity contribution is -0.126. The highest BCUT2D eigenvalue weighted by molar-refractivity contribution is 6.02. The van der Waals surface area contributed by atoms with Gasteiger partial charge in [-0.2, -0.15) is 0 Å². The van der Waals surface area contributed by atoms with Crippen LogP contribution in [0.15, 0.2) is 0 Å². The van der Waals surface area contributed by atoms with Gasteiger partial charge in [0.05, 0.1) is 13.2 Å². The van der Waals surface area contributed by atoms with Gasteiger partial charge in [-0.15, -0.1) is 0 Å². The lowest BCUT2D eigenvalue weighted by atomic mass is 9.80. The quantitative estimate of drug-likeness (QED) is 0.542. The van der Waals surface area contributed by atoms with Gasteiger partial charge in [0, 0.05) is 19.0 Å². The number of rotatable bonds is 5. The zero-order chi connectivity index (χ0) is 13.2. The van der Waals surface area contributed by atoms with E-state index in [-0.39, 0.29) is 37.5 Å². The molecular weight excluding hydrogens is 236 g/mol. The number of carbonyl (C=O) groups excluding carboxylic acids is 2. The third-order valence-electron chi connectivity index (χ3n) is 3.94. The van der Waals surface area contributed by atoms with E-state index in [0.29, 0.717) is 13.0 Å². The minimum absolute atomic E-state index is 0.0329. The highest BCUT2D eigenvalue weighted by Gasteiger charge is 2.63. The van der Waals surface area contributed by atoms with Crippen LogP contribution in [0.1, 0.15) is 25.7 Å². The molecule has 0 aromatic heterocycles. The number of aliphatic hydroxyl groups is 2. The molecule has 0 bridgehead atoms. The van der Waals surface area contributed by atoms with Crippen LogP contribution >= 0.6 is 0 Å². The Hall–Kier alpha value is -1.14. The smallest absolute Gasteiger partial charge is 0.249 e. The van der Waals surface area contributed by atoms with Gasteiger partial charge < -0.3 is 20.4 Å². The standard InChI is InChI=1S/C12H20N2O4/c15-6-4-13-10(17)9-2-1-3-12(8-9)11(18)14(12)5-7-16/h9,15-16H,1-8H2,(H,13,17). The van der Waals surface area contributed by atoms with E-state index in [2.05, 4.69) is 5.32 Å². The molecule has 0 radical (unpaired) electrons. The molecule has 1 saturated carbocycles. The number of amides is 2. The van der Waals surface area contributed by atoms with Crippen molar-refractivity contribution in [2.45, 2.75) is 31.2 Å². The Morgan fingerprint density at radius 1 is 1.44 bits per heavy atom. The SMILES string of the molecule is O=C(NCCO)C1CCCC2(C1)C(=O)N2CCO. The molecule has 3 N–H and O–H groups in total. The zero-order valence-electron chi connectivity index (χ0n) is 10.4. The summed E-state index contributed by atoms with van der Waals surface area (Å²) in [5.41, 5.74) is -0.484. The van der Waals surface area contributed by atoms with Crippen LogP contribution in [0.2, 0.25) is 0 Å². The van der Waals surface area contributed by atoms with Crippen molar-refractivity contribution in [1.82, 2.24) is 10.2 Å². The predicted molar refractivity (Wildman–Crippen MR) is 63.6 cm³/mol. The molecule has 1 aliphatic heterocycles. The molecule has 0 aromatic rings. The van der Waals surface area contributed by atoms with Gasteiger partial charge in [0.2, 0.25) is 11.8 Å². The highest BCUT2D eigenvalue weighted by Crippen LogP contribution is 2.48. The van der Waals surface area contributed by atoms with Crippen LogP contribution in [0.4, 0.5) is 0 Å². The van der Waals surface area contributed by atoms with Crippen molar-refractivity contribution in [3.63, 3.8) is 0 Å². The normalized spacial score (nSPS) is 30.7. The number of aliphatic hydroxyl groups excluding tert-OH is 2. The maximum atomic E-state index is 11.8. The summed E-state index contributed by atoms with van der Waals surface area (Å²) in [5, 5.41) is 20.2. The van der Waals surface area contributed by atoms with Gasteiger partial charge in [-0.3, -0.25) is 9.59 Å². The van der Waals surface area contributed by atoms with Crippen LogP contribution in [-0.2, 0) is 9.59 Å². The van der Waals surface area contributed by atoms with Gasteiger partial charge in [-0.1, -0.05) is 0 Å². The van der Waals surface area contributed by atoms with Crippen LogP contribution in [0, 0.1) is 5.92 Å². The van der Waals surface area contributed by atoms with Crippen molar-refractivity contribution in [1.29, 1.82) is 0 Å². The van der Waals surface area contributed by atoms with Crippen molar-refractivity contribution in [2.24, 2.45) is 5.92 Å². The first-order chi connectivity index (χ1) is 8.65. The van der Waals surface area contributed by atoms with E-state index in [4.69, 9.17) is 10.2 Å². The van der Waals surface area contributed by atoms with E-state index < -0.39 is 5.54 Å². The zero-order valence-corrected chi connectivity index (χ0v) is 10.4. The second-order valence-corrected chi connectivity index (χ2v) is 5.02. The van der Waals surface area contributed by atoms with Crippen LogP contribution in [0.25, 0.3) is 0 Å². The topological polar surface area (TPSA) is 89.6 Å². The summed E-state index contributed by atoms with van der Waals surface area (Å²) < 4.78 is 0. The fraction of sp³-hybridized carbons (Fsp3) is 0.833. The Morgan fingerprint density at radius 3 is 2.89 bits per heavy atom. The first kappa shape index (κ1) is 13.3. The molecule has 6 heteroatoms. The van der Waals surface area contributed by atoms with E-state index in [0.717, 1.165) is 19.3 Å². The second-order valence-electron chi connectivity index (χ2n) is 5.02. The maximum Gasteiger partial charge on any atom is 0.249 e. The fourth-order valence-electron chi connectivity index (χ4n) is 3.00. The van der Waals surface area contributed by atoms with Crippen LogP contribution < -0.4 is 5.32 Å². The summed E-state index contributed by atoms with van der Waals surface area (Å²) in [7, 11) is 0. The summed E-state index contributed by atoms with van der Waals surface area (Å²) in [4.78, 5) is 25.3. The highest BCUT2D eigenvalue weighted by atomic mass is 16.3. The average Bonchev–Trinajstić information content (AvgIpc) is 2.90. The minimum atomic E-state index is -0.484. The molecule has 0 aromatic carbocycles. The van der Waals surface area contributed by atoms with Crippen LogP contribution in [0.3, 0.4) is 0 Å². The molecule has 2 atom stereocenters. The van der Waals surface area contributed by atoms with E-state index in [1.165, 1.54) is 0 Å². The predicted octanol–water partition coefficient (Wildman–Crippen LogP) is -1.14. The largest absolute Gasteiger partial charge is 0.395 e. The van der Waals surface area contributed by atoms with Crippen molar-refractivity contribution >= 4 is 11.8 Å². The molecule has 2 unspecified atom stereocenters. The molecule has 6 nitrogen and oxygen atoms in total. The third kappa shape index (κ3) is 2.22. The summed E-state index contributed by atoms with van der Waals surface area (Å²) in [5.74, 6) is -0.166. The van der Waals surface area contributed by atoms with Gasteiger partial charge >= 0.3 is 0 Å². The molecule has 2 rings (SSSR count). The van der Waals surface area contributed by atoms with Gasteiger partial charge in [-0.25, -0.2) is 0 Å². The minimum Gasteiger partial charge on any atom is -0.395 e. The van der Waals surface area contributed by atoms with Crippen molar-refractivity contribution in [3.8, 4) is 0 Å². The molecule has 1 saturated heterocycles. The van der Waals surface area contributed by atoms with Crippen LogP contribution in [-0.4, -0.2) is 58.8 Å². The van der Waals surface area contributed by atoms with Crippen molar-refractivity contribution < 1.29 is 19.8 Å². The molecule has 1 heterocycles. The van der Waals surface area contributed by atoms with E-state index in [9.17, 15) is 9.59 Å². The molecule has 2 fully saturated rings. The fourth-order valence-corrected chi connectivity index (χ4v) is 3.00. The van der Waals surface area contributed by atoms with Crippen LogP contribution in [0.5, 0.6) is 0 Å². The second kappa shape index (κ2) is 5.24. The molecular formula is C12H20N2O4. The number of hydrogen-bond acceptors (Lipinski definition) is 4. The summed E-state index contributed by atoms with van der Waals surface area (Å²) in [6, 6.07) is 0. The number of β-amino-alcohol motifs (C(OH)–C–C–N with tert-alkyl or cyclic N) is 1. The summed E-state index contributed by atoms with van der Waals surface area (Å²) >= 11 is 0. The monoisotopic (exact) mass is 256 g/mol. The van der Waals surface area contributed by atoms with Gasteiger partial charge in [0.15, 0.2) is 0 Å². The molecule has 18 heavy (non-hydrogen) atoms. The Balaban J connectivity index is 1.93. The van der Waals surface area contributed by atoms with Gasteiger partial charge in [-0.05, 0) is 25.7 Å². The molecule has 2 amide bonds. The lowest BCUT2D eigenvalue weighted by Gasteiger charge is -2.27. The van der Waals surface area contributed by atoms with E-state index >= 15 is 0 Å². The average molecular weight is 256 g/mol. The molecule has 1 aliphatic carbocycles. The van der Waals surface area contributed by atoms with Gasteiger partial charge in [0.25, 0.3) is 0 Å². The lowest BCUT2D eigenvalue weighted by Crippen LogP contribution is -2.39. The Kier molecular flexibility index (Phi) is 3.87. The Labute approximate surface area is 106 Å². The first-order valence-electron chi connectivity index (χ1n) is 6.47. The number of hydrogen-bond donors (Lipinski definition) is 3. The summed E-state index contributed by atoms with van der Waals surface area (Å²) in [6.07, 6.45) is 2.98. The first-order valence-corrected chi connectivity index (χ1v) is 6.47. The number of nitrogens with zero attached hydrogens (tertiary/aromatic N) is 1. The third-order valence-corrected chi connectivity index (χ3v) is 3.94. The van der Waals surface area contributed by atoms with Gasteiger partial charge in [0.1, 0.15) is 5.54 Å².